The van der Waals surface area contributed by atoms with Gasteiger partial charge in [0, 0.05) is 26.2 Å². The molecule has 1 saturated heterocycles. The zero-order chi connectivity index (χ0) is 21.8. The zero-order valence-electron chi connectivity index (χ0n) is 16.7. The number of halogens is 1. The van der Waals surface area contributed by atoms with Crippen molar-refractivity contribution in [1.29, 1.82) is 0 Å². The molecular formula is C19H21ClN4O5S2. The van der Waals surface area contributed by atoms with Gasteiger partial charge in [-0.2, -0.15) is 9.29 Å². The molecule has 1 aliphatic rings. The van der Waals surface area contributed by atoms with Crippen LogP contribution in [0, 0.1) is 0 Å². The van der Waals surface area contributed by atoms with E-state index in [9.17, 15) is 8.42 Å². The molecule has 0 aliphatic carbocycles. The van der Waals surface area contributed by atoms with Crippen molar-refractivity contribution in [2.75, 3.05) is 33.3 Å². The maximum atomic E-state index is 12.7. The van der Waals surface area contributed by atoms with Gasteiger partial charge in [-0.3, -0.25) is 4.90 Å². The van der Waals surface area contributed by atoms with Gasteiger partial charge in [0.15, 0.2) is 6.61 Å². The van der Waals surface area contributed by atoms with Crippen molar-refractivity contribution in [3.8, 4) is 11.5 Å². The number of rotatable bonds is 8. The highest BCUT2D eigenvalue weighted by Crippen LogP contribution is 2.28. The van der Waals surface area contributed by atoms with Crippen molar-refractivity contribution in [2.45, 2.75) is 17.4 Å². The van der Waals surface area contributed by atoms with Gasteiger partial charge in [0.25, 0.3) is 10.0 Å². The lowest BCUT2D eigenvalue weighted by molar-refractivity contribution is 0.163. The normalized spacial score (nSPS) is 15.8. The summed E-state index contributed by atoms with van der Waals surface area (Å²) < 4.78 is 43.7. The van der Waals surface area contributed by atoms with Crippen LogP contribution in [0.3, 0.4) is 0 Å². The molecule has 4 rings (SSSR count). The summed E-state index contributed by atoms with van der Waals surface area (Å²) in [4.78, 5) is 6.44. The predicted octanol–water partition coefficient (Wildman–Crippen LogP) is 2.88. The number of sulfonamides is 1. The SMILES string of the molecule is COc1ccc(OCc2noc(CN3CCN(S(=O)(=O)c4ccc(Cl)s4)CC3)n2)cc1. The Morgan fingerprint density at radius 2 is 1.81 bits per heavy atom. The minimum Gasteiger partial charge on any atom is -0.497 e. The van der Waals surface area contributed by atoms with Gasteiger partial charge in [-0.05, 0) is 36.4 Å². The number of methoxy groups -OCH3 is 1. The second-order valence-electron chi connectivity index (χ2n) is 6.81. The van der Waals surface area contributed by atoms with Gasteiger partial charge in [0.2, 0.25) is 11.7 Å². The van der Waals surface area contributed by atoms with Gasteiger partial charge in [-0.15, -0.1) is 11.3 Å². The first-order chi connectivity index (χ1) is 14.9. The lowest BCUT2D eigenvalue weighted by Crippen LogP contribution is -2.48. The second kappa shape index (κ2) is 9.53. The Bertz CT molecular complexity index is 1110. The van der Waals surface area contributed by atoms with Crippen LogP contribution in [0.1, 0.15) is 11.7 Å². The van der Waals surface area contributed by atoms with Crippen molar-refractivity contribution in [1.82, 2.24) is 19.3 Å². The molecule has 0 N–H and O–H groups in total. The van der Waals surface area contributed by atoms with Crippen LogP contribution < -0.4 is 9.47 Å². The Hall–Kier alpha value is -2.18. The van der Waals surface area contributed by atoms with Gasteiger partial charge < -0.3 is 14.0 Å². The number of thiophene rings is 1. The van der Waals surface area contributed by atoms with E-state index in [2.05, 4.69) is 15.0 Å². The van der Waals surface area contributed by atoms with Crippen molar-refractivity contribution in [2.24, 2.45) is 0 Å². The smallest absolute Gasteiger partial charge is 0.252 e. The molecule has 31 heavy (non-hydrogen) atoms. The molecule has 3 heterocycles. The van der Waals surface area contributed by atoms with E-state index in [1.54, 1.807) is 31.4 Å². The lowest BCUT2D eigenvalue weighted by Gasteiger charge is -2.32. The number of piperazine rings is 1. The minimum absolute atomic E-state index is 0.186. The molecule has 1 aliphatic heterocycles. The van der Waals surface area contributed by atoms with E-state index in [1.165, 1.54) is 4.31 Å². The second-order valence-corrected chi connectivity index (χ2v) is 10.7. The molecule has 0 spiro atoms. The van der Waals surface area contributed by atoms with Crippen LogP contribution in [0.15, 0.2) is 45.1 Å². The molecule has 9 nitrogen and oxygen atoms in total. The molecule has 0 radical (unpaired) electrons. The van der Waals surface area contributed by atoms with Gasteiger partial charge in [-0.1, -0.05) is 16.8 Å². The van der Waals surface area contributed by atoms with Gasteiger partial charge >= 0.3 is 0 Å². The van der Waals surface area contributed by atoms with Gasteiger partial charge in [-0.25, -0.2) is 8.42 Å². The molecule has 0 unspecified atom stereocenters. The van der Waals surface area contributed by atoms with Crippen molar-refractivity contribution >= 4 is 33.0 Å². The highest BCUT2D eigenvalue weighted by Gasteiger charge is 2.30. The van der Waals surface area contributed by atoms with E-state index in [1.807, 2.05) is 12.1 Å². The number of nitrogens with zero attached hydrogens (tertiary/aromatic N) is 4. The van der Waals surface area contributed by atoms with Crippen LogP contribution in [0.25, 0.3) is 0 Å². The Morgan fingerprint density at radius 3 is 2.45 bits per heavy atom. The molecule has 3 aromatic rings. The Labute approximate surface area is 189 Å². The van der Waals surface area contributed by atoms with Crippen LogP contribution >= 0.6 is 22.9 Å². The summed E-state index contributed by atoms with van der Waals surface area (Å²) in [6.45, 7) is 2.55. The Morgan fingerprint density at radius 1 is 1.10 bits per heavy atom. The Balaban J connectivity index is 1.27. The number of hydrogen-bond donors (Lipinski definition) is 0. The molecule has 0 saturated carbocycles. The largest absolute Gasteiger partial charge is 0.497 e. The molecular weight excluding hydrogens is 464 g/mol. The summed E-state index contributed by atoms with van der Waals surface area (Å²) in [6.07, 6.45) is 0. The van der Waals surface area contributed by atoms with E-state index in [4.69, 9.17) is 25.6 Å². The molecule has 1 fully saturated rings. The molecule has 1 aromatic carbocycles. The summed E-state index contributed by atoms with van der Waals surface area (Å²) in [5, 5.41) is 3.95. The maximum Gasteiger partial charge on any atom is 0.252 e. The molecule has 0 amide bonds. The molecule has 0 atom stereocenters. The van der Waals surface area contributed by atoms with E-state index in [-0.39, 0.29) is 10.8 Å². The number of ether oxygens (including phenoxy) is 2. The third-order valence-electron chi connectivity index (χ3n) is 4.77. The molecule has 2 aromatic heterocycles. The summed E-state index contributed by atoms with van der Waals surface area (Å²) in [6, 6.07) is 10.4. The molecule has 0 bridgehead atoms. The highest BCUT2D eigenvalue weighted by atomic mass is 35.5. The van der Waals surface area contributed by atoms with E-state index in [0.717, 1.165) is 17.1 Å². The average molecular weight is 485 g/mol. The van der Waals surface area contributed by atoms with Crippen molar-refractivity contribution in [3.05, 3.63) is 52.4 Å². The number of benzene rings is 1. The first kappa shape index (κ1) is 22.0. The highest BCUT2D eigenvalue weighted by molar-refractivity contribution is 7.91. The van der Waals surface area contributed by atoms with Crippen molar-refractivity contribution in [3.63, 3.8) is 0 Å². The standard InChI is InChI=1S/C19H21ClN4O5S2/c1-27-14-2-4-15(5-3-14)28-13-17-21-18(29-22-17)12-23-8-10-24(11-9-23)31(25,26)19-7-6-16(20)30-19/h2-7H,8-13H2,1H3. The van der Waals surface area contributed by atoms with E-state index >= 15 is 0 Å². The first-order valence-electron chi connectivity index (χ1n) is 9.50. The fourth-order valence-corrected chi connectivity index (χ4v) is 6.17. The fraction of sp³-hybridized carbons (Fsp3) is 0.368. The number of aromatic nitrogens is 2. The van der Waals surface area contributed by atoms with Crippen LogP contribution in [0.2, 0.25) is 4.34 Å². The molecule has 166 valence electrons. The zero-order valence-corrected chi connectivity index (χ0v) is 19.1. The predicted molar refractivity (Wildman–Crippen MR) is 115 cm³/mol. The first-order valence-corrected chi connectivity index (χ1v) is 12.1. The van der Waals surface area contributed by atoms with Gasteiger partial charge in [0.05, 0.1) is 18.0 Å². The monoisotopic (exact) mass is 484 g/mol. The summed E-state index contributed by atoms with van der Waals surface area (Å²) in [5.74, 6) is 2.34. The third kappa shape index (κ3) is 5.36. The number of hydrogen-bond acceptors (Lipinski definition) is 9. The summed E-state index contributed by atoms with van der Waals surface area (Å²) >= 11 is 6.95. The van der Waals surface area contributed by atoms with Crippen LogP contribution in [0.4, 0.5) is 0 Å². The average Bonchev–Trinajstić information content (AvgIpc) is 3.42. The summed E-state index contributed by atoms with van der Waals surface area (Å²) in [5.41, 5.74) is 0. The van der Waals surface area contributed by atoms with E-state index < -0.39 is 10.0 Å². The maximum absolute atomic E-state index is 12.7. The summed E-state index contributed by atoms with van der Waals surface area (Å²) in [7, 11) is -1.90. The topological polar surface area (TPSA) is 98.0 Å². The van der Waals surface area contributed by atoms with Crippen molar-refractivity contribution < 1.29 is 22.4 Å². The third-order valence-corrected chi connectivity index (χ3v) is 8.37. The van der Waals surface area contributed by atoms with E-state index in [0.29, 0.717) is 54.5 Å². The minimum atomic E-state index is -3.51. The van der Waals surface area contributed by atoms with Crippen LogP contribution in [0.5, 0.6) is 11.5 Å². The quantitative estimate of drug-likeness (QED) is 0.481. The molecule has 12 heteroatoms. The Kier molecular flexibility index (Phi) is 6.77. The van der Waals surface area contributed by atoms with Gasteiger partial charge in [0.1, 0.15) is 15.7 Å². The van der Waals surface area contributed by atoms with Crippen LogP contribution in [-0.2, 0) is 23.2 Å². The van der Waals surface area contributed by atoms with Crippen LogP contribution in [-0.4, -0.2) is 61.1 Å². The fourth-order valence-electron chi connectivity index (χ4n) is 3.12. The lowest BCUT2D eigenvalue weighted by atomic mass is 10.3.